The lowest BCUT2D eigenvalue weighted by Gasteiger charge is -2.22. The second-order valence-corrected chi connectivity index (χ2v) is 11.8. The molecule has 4 rings (SSSR count). The summed E-state index contributed by atoms with van der Waals surface area (Å²) in [5.74, 6) is 0.809. The minimum Gasteiger partial charge on any atom is -0.345 e. The molecule has 2 heterocycles. The van der Waals surface area contributed by atoms with Crippen molar-refractivity contribution in [3.63, 3.8) is 0 Å². The molecule has 0 unspecified atom stereocenters. The summed E-state index contributed by atoms with van der Waals surface area (Å²) in [6.07, 6.45) is 1.46. The van der Waals surface area contributed by atoms with E-state index in [-0.39, 0.29) is 5.41 Å². The van der Waals surface area contributed by atoms with E-state index in [4.69, 9.17) is 4.98 Å². The van der Waals surface area contributed by atoms with Crippen LogP contribution in [-0.2, 0) is 21.9 Å². The second kappa shape index (κ2) is 9.29. The monoisotopic (exact) mass is 470 g/mol. The Morgan fingerprint density at radius 2 is 1.66 bits per heavy atom. The third kappa shape index (κ3) is 5.19. The van der Waals surface area contributed by atoms with Gasteiger partial charge in [0.2, 0.25) is 15.2 Å². The minimum absolute atomic E-state index is 0.00744. The van der Waals surface area contributed by atoms with Crippen molar-refractivity contribution in [3.05, 3.63) is 71.5 Å². The van der Waals surface area contributed by atoms with Crippen LogP contribution in [0.2, 0.25) is 0 Å². The summed E-state index contributed by atoms with van der Waals surface area (Å²) in [7, 11) is -3.51. The number of aromatic nitrogens is 2. The van der Waals surface area contributed by atoms with Crippen molar-refractivity contribution in [3.8, 4) is 0 Å². The van der Waals surface area contributed by atoms with Crippen molar-refractivity contribution in [2.24, 2.45) is 0 Å². The normalized spacial score (nSPS) is 16.2. The number of sulfonamides is 1. The number of anilines is 1. The standard InChI is InChI=1S/C24H30N4O2S2/c1-24(2,3)20-10-12-21(13-11-20)32(29,30)28-15-7-14-27(16-17-28)23-25-22(26-31-23)18-19-8-5-4-6-9-19/h4-6,8-13H,7,14-18H2,1-3H3. The van der Waals surface area contributed by atoms with Gasteiger partial charge in [-0.05, 0) is 35.1 Å². The fraction of sp³-hybridized carbons (Fsp3) is 0.417. The van der Waals surface area contributed by atoms with E-state index in [0.29, 0.717) is 31.0 Å². The Bertz CT molecular complexity index is 1140. The van der Waals surface area contributed by atoms with E-state index in [1.807, 2.05) is 30.3 Å². The van der Waals surface area contributed by atoms with E-state index < -0.39 is 10.0 Å². The second-order valence-electron chi connectivity index (χ2n) is 9.17. The first-order valence-electron chi connectivity index (χ1n) is 11.0. The molecule has 0 saturated carbocycles. The molecule has 0 N–H and O–H groups in total. The Morgan fingerprint density at radius 1 is 0.938 bits per heavy atom. The van der Waals surface area contributed by atoms with Crippen LogP contribution in [0.5, 0.6) is 0 Å². The number of rotatable bonds is 5. The molecule has 1 fully saturated rings. The minimum atomic E-state index is -3.51. The number of benzene rings is 2. The lowest BCUT2D eigenvalue weighted by molar-refractivity contribution is 0.433. The van der Waals surface area contributed by atoms with Crippen LogP contribution in [0.4, 0.5) is 5.13 Å². The van der Waals surface area contributed by atoms with E-state index in [9.17, 15) is 8.42 Å². The first-order chi connectivity index (χ1) is 15.2. The van der Waals surface area contributed by atoms with Gasteiger partial charge in [0.15, 0.2) is 0 Å². The first-order valence-corrected chi connectivity index (χ1v) is 13.2. The summed E-state index contributed by atoms with van der Waals surface area (Å²) in [5.41, 5.74) is 2.30. The summed E-state index contributed by atoms with van der Waals surface area (Å²) < 4.78 is 32.6. The van der Waals surface area contributed by atoms with Gasteiger partial charge < -0.3 is 4.90 Å². The molecule has 0 atom stereocenters. The van der Waals surface area contributed by atoms with Crippen LogP contribution in [0.25, 0.3) is 0 Å². The van der Waals surface area contributed by atoms with Crippen LogP contribution in [-0.4, -0.2) is 48.3 Å². The molecule has 0 spiro atoms. The Labute approximate surface area is 195 Å². The van der Waals surface area contributed by atoms with Crippen LogP contribution in [0, 0.1) is 0 Å². The Kier molecular flexibility index (Phi) is 6.65. The average Bonchev–Trinajstić information content (AvgIpc) is 3.08. The van der Waals surface area contributed by atoms with Crippen molar-refractivity contribution in [2.75, 3.05) is 31.1 Å². The number of nitrogens with zero attached hydrogens (tertiary/aromatic N) is 4. The average molecular weight is 471 g/mol. The Balaban J connectivity index is 1.43. The molecular formula is C24H30N4O2S2. The van der Waals surface area contributed by atoms with Crippen molar-refractivity contribution >= 4 is 26.7 Å². The highest BCUT2D eigenvalue weighted by Crippen LogP contribution is 2.26. The van der Waals surface area contributed by atoms with Gasteiger partial charge in [0.05, 0.1) is 4.90 Å². The highest BCUT2D eigenvalue weighted by Gasteiger charge is 2.28. The molecular weight excluding hydrogens is 440 g/mol. The van der Waals surface area contributed by atoms with Gasteiger partial charge in [-0.25, -0.2) is 13.4 Å². The smallest absolute Gasteiger partial charge is 0.243 e. The topological polar surface area (TPSA) is 66.4 Å². The summed E-state index contributed by atoms with van der Waals surface area (Å²) >= 11 is 1.39. The fourth-order valence-corrected chi connectivity index (χ4v) is 6.03. The first kappa shape index (κ1) is 22.9. The van der Waals surface area contributed by atoms with E-state index in [1.54, 1.807) is 16.4 Å². The summed E-state index contributed by atoms with van der Waals surface area (Å²) in [4.78, 5) is 7.23. The van der Waals surface area contributed by atoms with Crippen LogP contribution in [0.3, 0.4) is 0 Å². The zero-order valence-corrected chi connectivity index (χ0v) is 20.5. The Morgan fingerprint density at radius 3 is 2.34 bits per heavy atom. The molecule has 1 aliphatic heterocycles. The van der Waals surface area contributed by atoms with Gasteiger partial charge in [0, 0.05) is 44.1 Å². The van der Waals surface area contributed by atoms with Gasteiger partial charge in [0.1, 0.15) is 5.82 Å². The van der Waals surface area contributed by atoms with Gasteiger partial charge in [0.25, 0.3) is 0 Å². The van der Waals surface area contributed by atoms with Gasteiger partial charge in [-0.3, -0.25) is 0 Å². The van der Waals surface area contributed by atoms with Gasteiger partial charge >= 0.3 is 0 Å². The largest absolute Gasteiger partial charge is 0.345 e. The molecule has 1 aromatic heterocycles. The molecule has 0 bridgehead atoms. The maximum atomic E-state index is 13.2. The van der Waals surface area contributed by atoms with Crippen LogP contribution < -0.4 is 4.90 Å². The van der Waals surface area contributed by atoms with Crippen LogP contribution in [0.1, 0.15) is 44.1 Å². The zero-order valence-electron chi connectivity index (χ0n) is 18.9. The van der Waals surface area contributed by atoms with Crippen molar-refractivity contribution in [2.45, 2.75) is 43.9 Å². The van der Waals surface area contributed by atoms with Crippen molar-refractivity contribution < 1.29 is 8.42 Å². The molecule has 1 aliphatic rings. The third-order valence-electron chi connectivity index (χ3n) is 5.75. The van der Waals surface area contributed by atoms with E-state index >= 15 is 0 Å². The quantitative estimate of drug-likeness (QED) is 0.555. The van der Waals surface area contributed by atoms with Crippen LogP contribution in [0.15, 0.2) is 59.5 Å². The van der Waals surface area contributed by atoms with E-state index in [2.05, 4.69) is 42.2 Å². The van der Waals surface area contributed by atoms with Gasteiger partial charge in [-0.15, -0.1) is 0 Å². The third-order valence-corrected chi connectivity index (χ3v) is 8.47. The molecule has 0 aliphatic carbocycles. The van der Waals surface area contributed by atoms with E-state index in [0.717, 1.165) is 29.5 Å². The van der Waals surface area contributed by atoms with E-state index in [1.165, 1.54) is 17.1 Å². The SMILES string of the molecule is CC(C)(C)c1ccc(S(=O)(=O)N2CCCN(c3nc(Cc4ccccc4)ns3)CC2)cc1. The fourth-order valence-electron chi connectivity index (χ4n) is 3.82. The Hall–Kier alpha value is -2.29. The molecule has 2 aromatic carbocycles. The highest BCUT2D eigenvalue weighted by atomic mass is 32.2. The molecule has 8 heteroatoms. The zero-order chi connectivity index (χ0) is 22.8. The summed E-state index contributed by atoms with van der Waals surface area (Å²) in [6, 6.07) is 17.5. The predicted octanol–water partition coefficient (Wildman–Crippen LogP) is 4.33. The van der Waals surface area contributed by atoms with Crippen molar-refractivity contribution in [1.29, 1.82) is 0 Å². The van der Waals surface area contributed by atoms with Crippen molar-refractivity contribution in [1.82, 2.24) is 13.7 Å². The number of hydrogen-bond acceptors (Lipinski definition) is 6. The van der Waals surface area contributed by atoms with Gasteiger partial charge in [-0.2, -0.15) is 8.68 Å². The molecule has 0 radical (unpaired) electrons. The maximum absolute atomic E-state index is 13.2. The molecule has 3 aromatic rings. The molecule has 170 valence electrons. The summed E-state index contributed by atoms with van der Waals surface area (Å²) in [5, 5.41) is 0.865. The molecule has 0 amide bonds. The lowest BCUT2D eigenvalue weighted by atomic mass is 9.87. The van der Waals surface area contributed by atoms with Gasteiger partial charge in [-0.1, -0.05) is 63.2 Å². The molecule has 6 nitrogen and oxygen atoms in total. The number of hydrogen-bond donors (Lipinski definition) is 0. The lowest BCUT2D eigenvalue weighted by Crippen LogP contribution is -2.35. The predicted molar refractivity (Wildman–Crippen MR) is 130 cm³/mol. The molecule has 32 heavy (non-hydrogen) atoms. The molecule has 1 saturated heterocycles. The van der Waals surface area contributed by atoms with Crippen LogP contribution >= 0.6 is 11.5 Å². The highest BCUT2D eigenvalue weighted by molar-refractivity contribution is 7.89. The summed E-state index contributed by atoms with van der Waals surface area (Å²) in [6.45, 7) is 8.70. The maximum Gasteiger partial charge on any atom is 0.243 e.